The number of carbonyl (C=O) groups excluding carboxylic acids is 1. The van der Waals surface area contributed by atoms with Crippen LogP contribution < -0.4 is 5.32 Å². The van der Waals surface area contributed by atoms with Gasteiger partial charge in [0.15, 0.2) is 5.13 Å². The second-order valence-electron chi connectivity index (χ2n) is 5.72. The third kappa shape index (κ3) is 3.53. The molecular formula is C15H21N5OS. The minimum absolute atomic E-state index is 0.0742. The van der Waals surface area contributed by atoms with E-state index in [9.17, 15) is 4.79 Å². The molecule has 0 radical (unpaired) electrons. The lowest BCUT2D eigenvalue weighted by Gasteiger charge is -2.34. The third-order valence-corrected chi connectivity index (χ3v) is 4.67. The number of carbonyl (C=O) groups is 1. The van der Waals surface area contributed by atoms with Gasteiger partial charge in [0.05, 0.1) is 17.4 Å². The molecule has 1 aliphatic rings. The minimum Gasteiger partial charge on any atom is -0.302 e. The minimum atomic E-state index is -0.0742. The molecule has 6 nitrogen and oxygen atoms in total. The zero-order valence-corrected chi connectivity index (χ0v) is 13.8. The van der Waals surface area contributed by atoms with E-state index in [1.54, 1.807) is 0 Å². The zero-order valence-electron chi connectivity index (χ0n) is 13.0. The Hall–Kier alpha value is -1.73. The fourth-order valence-electron chi connectivity index (χ4n) is 2.92. The van der Waals surface area contributed by atoms with Crippen molar-refractivity contribution < 1.29 is 4.79 Å². The van der Waals surface area contributed by atoms with Crippen LogP contribution in [0.2, 0.25) is 0 Å². The lowest BCUT2D eigenvalue weighted by molar-refractivity contribution is -0.114. The van der Waals surface area contributed by atoms with Gasteiger partial charge in [-0.05, 0) is 25.5 Å². The number of aromatic nitrogens is 3. The summed E-state index contributed by atoms with van der Waals surface area (Å²) >= 11 is 1.49. The summed E-state index contributed by atoms with van der Waals surface area (Å²) in [6.07, 6.45) is 5.52. The first-order valence-electron chi connectivity index (χ1n) is 7.57. The van der Waals surface area contributed by atoms with Crippen molar-refractivity contribution in [2.24, 2.45) is 7.05 Å². The molecule has 0 bridgehead atoms. The molecule has 2 aromatic rings. The molecule has 1 fully saturated rings. The normalized spacial score (nSPS) is 19.3. The van der Waals surface area contributed by atoms with Crippen LogP contribution in [0.4, 0.5) is 5.13 Å². The molecule has 1 atom stereocenters. The first-order chi connectivity index (χ1) is 10.6. The van der Waals surface area contributed by atoms with E-state index >= 15 is 0 Å². The van der Waals surface area contributed by atoms with Gasteiger partial charge in [-0.15, -0.1) is 11.3 Å². The average molecular weight is 319 g/mol. The van der Waals surface area contributed by atoms with Gasteiger partial charge in [-0.1, -0.05) is 6.42 Å². The number of aryl methyl sites for hydroxylation is 1. The number of likely N-dealkylation sites (tertiary alicyclic amines) is 1. The third-order valence-electron chi connectivity index (χ3n) is 3.89. The summed E-state index contributed by atoms with van der Waals surface area (Å²) in [4.78, 5) is 18.2. The van der Waals surface area contributed by atoms with Crippen molar-refractivity contribution in [3.8, 4) is 0 Å². The number of amides is 1. The van der Waals surface area contributed by atoms with Gasteiger partial charge in [0.2, 0.25) is 5.91 Å². The van der Waals surface area contributed by atoms with E-state index in [-0.39, 0.29) is 5.91 Å². The maximum absolute atomic E-state index is 11.1. The van der Waals surface area contributed by atoms with Gasteiger partial charge in [-0.25, -0.2) is 4.98 Å². The van der Waals surface area contributed by atoms with Crippen LogP contribution in [-0.2, 0) is 18.4 Å². The molecule has 0 saturated carbocycles. The fraction of sp³-hybridized carbons (Fsp3) is 0.533. The molecule has 118 valence electrons. The van der Waals surface area contributed by atoms with Crippen molar-refractivity contribution in [1.82, 2.24) is 19.7 Å². The van der Waals surface area contributed by atoms with E-state index in [4.69, 9.17) is 0 Å². The van der Waals surface area contributed by atoms with Crippen LogP contribution in [0, 0.1) is 0 Å². The number of nitrogens with one attached hydrogen (secondary N) is 1. The molecule has 0 spiro atoms. The largest absolute Gasteiger partial charge is 0.302 e. The van der Waals surface area contributed by atoms with E-state index in [1.165, 1.54) is 31.1 Å². The van der Waals surface area contributed by atoms with Gasteiger partial charge in [-0.2, -0.15) is 5.10 Å². The summed E-state index contributed by atoms with van der Waals surface area (Å²) < 4.78 is 1.84. The maximum atomic E-state index is 11.1. The van der Waals surface area contributed by atoms with E-state index in [0.717, 1.165) is 30.9 Å². The Kier molecular flexibility index (Phi) is 4.54. The van der Waals surface area contributed by atoms with Crippen LogP contribution in [0.15, 0.2) is 17.6 Å². The molecule has 2 aromatic heterocycles. The number of piperidine rings is 1. The van der Waals surface area contributed by atoms with Crippen molar-refractivity contribution in [2.45, 2.75) is 38.8 Å². The Morgan fingerprint density at radius 3 is 3.09 bits per heavy atom. The van der Waals surface area contributed by atoms with Gasteiger partial charge < -0.3 is 5.32 Å². The highest BCUT2D eigenvalue weighted by atomic mass is 32.1. The first kappa shape index (κ1) is 15.2. The van der Waals surface area contributed by atoms with Crippen molar-refractivity contribution in [3.05, 3.63) is 29.0 Å². The molecule has 1 N–H and O–H groups in total. The Morgan fingerprint density at radius 2 is 2.36 bits per heavy atom. The lowest BCUT2D eigenvalue weighted by Crippen LogP contribution is -2.33. The Balaban J connectivity index is 1.74. The van der Waals surface area contributed by atoms with E-state index in [2.05, 4.69) is 31.7 Å². The Morgan fingerprint density at radius 1 is 1.50 bits per heavy atom. The SMILES string of the molecule is CC(=O)Nc1nc(C2CCCCN2Cc2ccn(C)n2)cs1. The van der Waals surface area contributed by atoms with Crippen molar-refractivity contribution >= 4 is 22.4 Å². The van der Waals surface area contributed by atoms with E-state index in [0.29, 0.717) is 11.2 Å². The summed E-state index contributed by atoms with van der Waals surface area (Å²) in [5, 5.41) is 9.99. The first-order valence-corrected chi connectivity index (χ1v) is 8.45. The van der Waals surface area contributed by atoms with Gasteiger partial charge >= 0.3 is 0 Å². The molecule has 0 aliphatic carbocycles. The van der Waals surface area contributed by atoms with Crippen LogP contribution >= 0.6 is 11.3 Å². The lowest BCUT2D eigenvalue weighted by atomic mass is 10.00. The van der Waals surface area contributed by atoms with E-state index in [1.807, 2.05) is 17.9 Å². The van der Waals surface area contributed by atoms with Gasteiger partial charge in [-0.3, -0.25) is 14.4 Å². The molecule has 22 heavy (non-hydrogen) atoms. The second-order valence-corrected chi connectivity index (χ2v) is 6.58. The fourth-order valence-corrected chi connectivity index (χ4v) is 3.72. The van der Waals surface area contributed by atoms with E-state index < -0.39 is 0 Å². The highest BCUT2D eigenvalue weighted by Gasteiger charge is 2.26. The van der Waals surface area contributed by atoms with Crippen LogP contribution in [0.3, 0.4) is 0 Å². The second kappa shape index (κ2) is 6.58. The Labute approximate surface area is 134 Å². The van der Waals surface area contributed by atoms with Crippen molar-refractivity contribution in [2.75, 3.05) is 11.9 Å². The molecule has 1 amide bonds. The molecule has 1 aliphatic heterocycles. The number of nitrogens with zero attached hydrogens (tertiary/aromatic N) is 4. The van der Waals surface area contributed by atoms with Crippen LogP contribution in [0.25, 0.3) is 0 Å². The number of hydrogen-bond acceptors (Lipinski definition) is 5. The molecule has 3 rings (SSSR count). The summed E-state index contributed by atoms with van der Waals surface area (Å²) in [5.41, 5.74) is 2.15. The summed E-state index contributed by atoms with van der Waals surface area (Å²) in [6, 6.07) is 2.38. The van der Waals surface area contributed by atoms with Crippen molar-refractivity contribution in [3.63, 3.8) is 0 Å². The standard InChI is InChI=1S/C15H21N5OS/c1-11(21)16-15-17-13(10-22-15)14-5-3-4-7-20(14)9-12-6-8-19(2)18-12/h6,8,10,14H,3-5,7,9H2,1-2H3,(H,16,17,21). The van der Waals surface area contributed by atoms with Gasteiger partial charge in [0, 0.05) is 32.1 Å². The quantitative estimate of drug-likeness (QED) is 0.941. The predicted molar refractivity (Wildman–Crippen MR) is 86.6 cm³/mol. The molecule has 0 aromatic carbocycles. The number of anilines is 1. The highest BCUT2D eigenvalue weighted by Crippen LogP contribution is 2.33. The molecular weight excluding hydrogens is 298 g/mol. The summed E-state index contributed by atoms with van der Waals surface area (Å²) in [5.74, 6) is -0.0742. The molecule has 1 saturated heterocycles. The zero-order chi connectivity index (χ0) is 15.5. The van der Waals surface area contributed by atoms with Crippen LogP contribution in [0.5, 0.6) is 0 Å². The van der Waals surface area contributed by atoms with Crippen molar-refractivity contribution in [1.29, 1.82) is 0 Å². The number of hydrogen-bond donors (Lipinski definition) is 1. The van der Waals surface area contributed by atoms with Gasteiger partial charge in [0.1, 0.15) is 0 Å². The molecule has 3 heterocycles. The summed E-state index contributed by atoms with van der Waals surface area (Å²) in [6.45, 7) is 3.42. The number of thiazole rings is 1. The monoisotopic (exact) mass is 319 g/mol. The Bertz CT molecular complexity index is 650. The average Bonchev–Trinajstić information content (AvgIpc) is 3.08. The predicted octanol–water partition coefficient (Wildman–Crippen LogP) is 2.56. The smallest absolute Gasteiger partial charge is 0.223 e. The molecule has 7 heteroatoms. The highest BCUT2D eigenvalue weighted by molar-refractivity contribution is 7.13. The van der Waals surface area contributed by atoms with Gasteiger partial charge in [0.25, 0.3) is 0 Å². The topological polar surface area (TPSA) is 63.1 Å². The summed E-state index contributed by atoms with van der Waals surface area (Å²) in [7, 11) is 1.94. The molecule has 1 unspecified atom stereocenters. The van der Waals surface area contributed by atoms with Crippen LogP contribution in [-0.4, -0.2) is 32.1 Å². The maximum Gasteiger partial charge on any atom is 0.223 e. The number of rotatable bonds is 4. The van der Waals surface area contributed by atoms with Crippen LogP contribution in [0.1, 0.15) is 43.6 Å².